The van der Waals surface area contributed by atoms with Gasteiger partial charge >= 0.3 is 5.97 Å². The largest absolute Gasteiger partial charge is 0.494 e. The standard InChI is InChI=1S/C30H33F2NO3/c1-20-5-6-23(14-21(20)2)15-24(25-9-12-28(31)29(32)16-25)4-3-13-36-27-10-7-22(8-11-27)17-33-18-26(19-33)30(34)35/h5-12,14,16,24,26H,3-4,13,15,17-19H2,1-2H3,(H,34,35). The monoisotopic (exact) mass is 493 g/mol. The molecule has 0 radical (unpaired) electrons. The molecule has 3 aromatic rings. The summed E-state index contributed by atoms with van der Waals surface area (Å²) >= 11 is 0. The van der Waals surface area contributed by atoms with Gasteiger partial charge in [-0.2, -0.15) is 0 Å². The van der Waals surface area contributed by atoms with E-state index in [0.29, 0.717) is 19.7 Å². The molecule has 1 saturated heterocycles. The molecular formula is C30H33F2NO3. The Morgan fingerprint density at radius 1 is 0.972 bits per heavy atom. The number of hydrogen-bond acceptors (Lipinski definition) is 3. The Labute approximate surface area is 211 Å². The molecule has 36 heavy (non-hydrogen) atoms. The summed E-state index contributed by atoms with van der Waals surface area (Å²) in [6.45, 7) is 6.61. The highest BCUT2D eigenvalue weighted by Crippen LogP contribution is 2.28. The van der Waals surface area contributed by atoms with Gasteiger partial charge in [0.05, 0.1) is 12.5 Å². The summed E-state index contributed by atoms with van der Waals surface area (Å²) in [5.74, 6) is -1.78. The molecule has 0 aromatic heterocycles. The predicted molar refractivity (Wildman–Crippen MR) is 136 cm³/mol. The third-order valence-electron chi connectivity index (χ3n) is 7.07. The van der Waals surface area contributed by atoms with E-state index in [1.165, 1.54) is 28.8 Å². The van der Waals surface area contributed by atoms with Gasteiger partial charge in [0.2, 0.25) is 0 Å². The molecule has 4 nitrogen and oxygen atoms in total. The lowest BCUT2D eigenvalue weighted by Crippen LogP contribution is -2.49. The number of carboxylic acids is 1. The maximum absolute atomic E-state index is 14.0. The van der Waals surface area contributed by atoms with Crippen molar-refractivity contribution < 1.29 is 23.4 Å². The average Bonchev–Trinajstić information content (AvgIpc) is 2.82. The topological polar surface area (TPSA) is 49.8 Å². The van der Waals surface area contributed by atoms with Crippen LogP contribution in [0.1, 0.15) is 46.6 Å². The highest BCUT2D eigenvalue weighted by atomic mass is 19.2. The summed E-state index contributed by atoms with van der Waals surface area (Å²) in [5.41, 5.74) is 5.56. The lowest BCUT2D eigenvalue weighted by atomic mass is 9.87. The molecule has 1 aliphatic rings. The van der Waals surface area contributed by atoms with Gasteiger partial charge in [0.15, 0.2) is 11.6 Å². The second kappa shape index (κ2) is 11.7. The second-order valence-electron chi connectivity index (χ2n) is 9.86. The van der Waals surface area contributed by atoms with Crippen LogP contribution < -0.4 is 4.74 Å². The number of hydrogen-bond donors (Lipinski definition) is 1. The fourth-order valence-corrected chi connectivity index (χ4v) is 4.69. The Morgan fingerprint density at radius 2 is 1.69 bits per heavy atom. The van der Waals surface area contributed by atoms with Crippen molar-refractivity contribution in [2.45, 2.75) is 45.6 Å². The van der Waals surface area contributed by atoms with Crippen molar-refractivity contribution in [1.29, 1.82) is 0 Å². The third kappa shape index (κ3) is 6.70. The molecule has 0 aliphatic carbocycles. The summed E-state index contributed by atoms with van der Waals surface area (Å²) in [7, 11) is 0. The molecule has 190 valence electrons. The number of carboxylic acid groups (broad SMARTS) is 1. The molecule has 0 spiro atoms. The predicted octanol–water partition coefficient (Wildman–Crippen LogP) is 6.28. The Bertz CT molecular complexity index is 1190. The first-order chi connectivity index (χ1) is 17.3. The van der Waals surface area contributed by atoms with E-state index >= 15 is 0 Å². The molecule has 0 bridgehead atoms. The number of benzene rings is 3. The van der Waals surface area contributed by atoms with E-state index in [9.17, 15) is 13.6 Å². The summed E-state index contributed by atoms with van der Waals surface area (Å²) in [6.07, 6.45) is 2.32. The fourth-order valence-electron chi connectivity index (χ4n) is 4.69. The van der Waals surface area contributed by atoms with Gasteiger partial charge in [-0.1, -0.05) is 36.4 Å². The van der Waals surface area contributed by atoms with Crippen molar-refractivity contribution in [3.8, 4) is 5.75 Å². The van der Waals surface area contributed by atoms with Crippen molar-refractivity contribution in [1.82, 2.24) is 4.90 Å². The van der Waals surface area contributed by atoms with Crippen LogP contribution in [0, 0.1) is 31.4 Å². The molecule has 1 fully saturated rings. The van der Waals surface area contributed by atoms with Crippen molar-refractivity contribution in [3.63, 3.8) is 0 Å². The Balaban J connectivity index is 1.30. The number of ether oxygens (including phenoxy) is 1. The summed E-state index contributed by atoms with van der Waals surface area (Å²) < 4.78 is 33.4. The van der Waals surface area contributed by atoms with E-state index in [1.807, 2.05) is 24.3 Å². The minimum atomic E-state index is -0.828. The van der Waals surface area contributed by atoms with E-state index in [1.54, 1.807) is 6.07 Å². The summed E-state index contributed by atoms with van der Waals surface area (Å²) in [4.78, 5) is 13.1. The molecule has 6 heteroatoms. The smallest absolute Gasteiger partial charge is 0.309 e. The molecule has 1 aliphatic heterocycles. The first kappa shape index (κ1) is 25.8. The van der Waals surface area contributed by atoms with Gasteiger partial charge in [0.25, 0.3) is 0 Å². The first-order valence-corrected chi connectivity index (χ1v) is 12.5. The second-order valence-corrected chi connectivity index (χ2v) is 9.86. The minimum absolute atomic E-state index is 0.0549. The number of halogens is 2. The van der Waals surface area contributed by atoms with E-state index in [2.05, 4.69) is 36.9 Å². The molecule has 0 saturated carbocycles. The van der Waals surface area contributed by atoms with Crippen LogP contribution in [-0.2, 0) is 17.8 Å². The number of likely N-dealkylation sites (tertiary alicyclic amines) is 1. The van der Waals surface area contributed by atoms with Crippen LogP contribution in [0.15, 0.2) is 60.7 Å². The zero-order chi connectivity index (χ0) is 25.7. The number of aliphatic carboxylic acids is 1. The van der Waals surface area contributed by atoms with Crippen molar-refractivity contribution in [2.24, 2.45) is 5.92 Å². The van der Waals surface area contributed by atoms with Gasteiger partial charge in [-0.15, -0.1) is 0 Å². The highest BCUT2D eigenvalue weighted by Gasteiger charge is 2.32. The van der Waals surface area contributed by atoms with E-state index < -0.39 is 17.6 Å². The van der Waals surface area contributed by atoms with Crippen LogP contribution in [0.25, 0.3) is 0 Å². The number of aryl methyl sites for hydroxylation is 2. The zero-order valence-electron chi connectivity index (χ0n) is 20.8. The lowest BCUT2D eigenvalue weighted by Gasteiger charge is -2.36. The number of carbonyl (C=O) groups is 1. The van der Waals surface area contributed by atoms with Crippen LogP contribution in [0.5, 0.6) is 5.75 Å². The van der Waals surface area contributed by atoms with Crippen LogP contribution in [-0.4, -0.2) is 35.7 Å². The van der Waals surface area contributed by atoms with Gasteiger partial charge in [-0.05, 0) is 91.1 Å². The quantitative estimate of drug-likeness (QED) is 0.319. The van der Waals surface area contributed by atoms with Gasteiger partial charge in [0, 0.05) is 19.6 Å². The third-order valence-corrected chi connectivity index (χ3v) is 7.07. The SMILES string of the molecule is Cc1ccc(CC(CCCOc2ccc(CN3CC(C(=O)O)C3)cc2)c2ccc(F)c(F)c2)cc1C. The molecule has 0 amide bonds. The molecule has 1 atom stereocenters. The average molecular weight is 494 g/mol. The molecule has 3 aromatic carbocycles. The van der Waals surface area contributed by atoms with Gasteiger partial charge < -0.3 is 9.84 Å². The summed E-state index contributed by atoms with van der Waals surface area (Å²) in [5, 5.41) is 9.00. The Kier molecular flexibility index (Phi) is 8.36. The van der Waals surface area contributed by atoms with Gasteiger partial charge in [0.1, 0.15) is 5.75 Å². The van der Waals surface area contributed by atoms with E-state index in [0.717, 1.165) is 42.7 Å². The van der Waals surface area contributed by atoms with Gasteiger partial charge in [-0.25, -0.2) is 8.78 Å². The van der Waals surface area contributed by atoms with Crippen molar-refractivity contribution in [3.05, 3.63) is 100 Å². The van der Waals surface area contributed by atoms with Crippen LogP contribution in [0.2, 0.25) is 0 Å². The maximum atomic E-state index is 14.0. The van der Waals surface area contributed by atoms with Crippen LogP contribution in [0.4, 0.5) is 8.78 Å². The molecule has 1 N–H and O–H groups in total. The van der Waals surface area contributed by atoms with Gasteiger partial charge in [-0.3, -0.25) is 9.69 Å². The molecule has 1 heterocycles. The normalized spacial score (nSPS) is 14.9. The van der Waals surface area contributed by atoms with Crippen molar-refractivity contribution >= 4 is 5.97 Å². The highest BCUT2D eigenvalue weighted by molar-refractivity contribution is 5.71. The summed E-state index contributed by atoms with van der Waals surface area (Å²) in [6, 6.07) is 18.5. The van der Waals surface area contributed by atoms with E-state index in [4.69, 9.17) is 9.84 Å². The molecule has 1 unspecified atom stereocenters. The fraction of sp³-hybridized carbons (Fsp3) is 0.367. The Morgan fingerprint density at radius 3 is 2.36 bits per heavy atom. The first-order valence-electron chi connectivity index (χ1n) is 12.5. The number of rotatable bonds is 11. The maximum Gasteiger partial charge on any atom is 0.309 e. The van der Waals surface area contributed by atoms with Crippen molar-refractivity contribution in [2.75, 3.05) is 19.7 Å². The minimum Gasteiger partial charge on any atom is -0.494 e. The van der Waals surface area contributed by atoms with Crippen LogP contribution >= 0.6 is 0 Å². The van der Waals surface area contributed by atoms with Crippen LogP contribution in [0.3, 0.4) is 0 Å². The number of nitrogens with zero attached hydrogens (tertiary/aromatic N) is 1. The Hall–Kier alpha value is -3.25. The molecule has 4 rings (SSSR count). The van der Waals surface area contributed by atoms with E-state index in [-0.39, 0.29) is 11.8 Å². The molecular weight excluding hydrogens is 460 g/mol. The zero-order valence-corrected chi connectivity index (χ0v) is 20.8. The lowest BCUT2D eigenvalue weighted by molar-refractivity contribution is -0.147.